The molecule has 3 heterocycles. The Labute approximate surface area is 203 Å². The van der Waals surface area contributed by atoms with Crippen LogP contribution in [0.3, 0.4) is 0 Å². The van der Waals surface area contributed by atoms with E-state index in [1.807, 2.05) is 27.8 Å². The molecule has 2 aliphatic rings. The van der Waals surface area contributed by atoms with Crippen LogP contribution in [0.5, 0.6) is 0 Å². The topological polar surface area (TPSA) is 63.1 Å². The van der Waals surface area contributed by atoms with E-state index in [-0.39, 0.29) is 18.0 Å². The Balaban J connectivity index is 1.37. The molecule has 0 aliphatic carbocycles. The summed E-state index contributed by atoms with van der Waals surface area (Å²) in [4.78, 5) is 14.8. The number of halogens is 2. The maximum atomic E-state index is 12.8. The van der Waals surface area contributed by atoms with E-state index >= 15 is 0 Å². The maximum Gasteiger partial charge on any atom is 0.239 e. The van der Waals surface area contributed by atoms with Crippen LogP contribution in [0.2, 0.25) is 10.0 Å². The summed E-state index contributed by atoms with van der Waals surface area (Å²) in [5, 5.41) is 13.3. The van der Waals surface area contributed by atoms with Gasteiger partial charge in [-0.25, -0.2) is 4.68 Å². The average molecular weight is 484 g/mol. The van der Waals surface area contributed by atoms with E-state index in [9.17, 15) is 4.79 Å². The van der Waals surface area contributed by atoms with E-state index < -0.39 is 0 Å². The fourth-order valence-corrected chi connectivity index (χ4v) is 5.37. The lowest BCUT2D eigenvalue weighted by Gasteiger charge is -2.32. The van der Waals surface area contributed by atoms with Crippen LogP contribution in [-0.2, 0) is 4.79 Å². The summed E-state index contributed by atoms with van der Waals surface area (Å²) >= 11 is 12.5. The molecule has 1 N–H and O–H groups in total. The van der Waals surface area contributed by atoms with Crippen molar-refractivity contribution in [1.29, 1.82) is 0 Å². The number of aromatic nitrogens is 3. The van der Waals surface area contributed by atoms with Gasteiger partial charge in [0, 0.05) is 23.1 Å². The van der Waals surface area contributed by atoms with Gasteiger partial charge >= 0.3 is 0 Å². The summed E-state index contributed by atoms with van der Waals surface area (Å²) in [6.45, 7) is 4.39. The first-order chi connectivity index (χ1) is 16.0. The van der Waals surface area contributed by atoms with Gasteiger partial charge in [0.15, 0.2) is 0 Å². The number of nitrogens with one attached hydrogen (secondary N) is 1. The molecule has 5 rings (SSSR count). The van der Waals surface area contributed by atoms with Crippen molar-refractivity contribution in [2.45, 2.75) is 44.7 Å². The van der Waals surface area contributed by atoms with Crippen LogP contribution in [0.25, 0.3) is 16.6 Å². The summed E-state index contributed by atoms with van der Waals surface area (Å²) in [5.74, 6) is 0.233. The number of nitrogens with zero attached hydrogens (tertiary/aromatic N) is 4. The first kappa shape index (κ1) is 22.4. The molecule has 0 radical (unpaired) electrons. The van der Waals surface area contributed by atoms with Crippen molar-refractivity contribution in [1.82, 2.24) is 25.2 Å². The molecule has 1 aromatic heterocycles. The molecule has 0 spiro atoms. The molecule has 172 valence electrons. The molecular formula is C25H27Cl2N5O. The molecule has 33 heavy (non-hydrogen) atoms. The highest BCUT2D eigenvalue weighted by molar-refractivity contribution is 6.35. The number of hydrogen-bond donors (Lipinski definition) is 1. The molecule has 0 saturated carbocycles. The van der Waals surface area contributed by atoms with Crippen LogP contribution >= 0.6 is 23.2 Å². The lowest BCUT2D eigenvalue weighted by Crippen LogP contribution is -2.49. The normalized spacial score (nSPS) is 20.0. The van der Waals surface area contributed by atoms with Crippen molar-refractivity contribution < 1.29 is 4.79 Å². The Morgan fingerprint density at radius 3 is 2.79 bits per heavy atom. The first-order valence-electron chi connectivity index (χ1n) is 11.5. The predicted octanol–water partition coefficient (Wildman–Crippen LogP) is 5.11. The minimum absolute atomic E-state index is 0.0216. The largest absolute Gasteiger partial charge is 0.337 e. The van der Waals surface area contributed by atoms with Crippen molar-refractivity contribution in [2.24, 2.45) is 0 Å². The third-order valence-corrected chi connectivity index (χ3v) is 7.31. The Bertz CT molecular complexity index is 1210. The Morgan fingerprint density at radius 2 is 2.06 bits per heavy atom. The van der Waals surface area contributed by atoms with Gasteiger partial charge in [0.2, 0.25) is 5.91 Å². The van der Waals surface area contributed by atoms with Crippen LogP contribution in [0.15, 0.2) is 42.5 Å². The highest BCUT2D eigenvalue weighted by Gasteiger charge is 2.27. The molecule has 2 aliphatic heterocycles. The van der Waals surface area contributed by atoms with Gasteiger partial charge in [0.25, 0.3) is 0 Å². The van der Waals surface area contributed by atoms with E-state index in [1.165, 1.54) is 5.57 Å². The molecule has 1 saturated heterocycles. The second-order valence-electron chi connectivity index (χ2n) is 8.85. The number of fused-ring (bicyclic) bond motifs is 1. The van der Waals surface area contributed by atoms with Gasteiger partial charge in [-0.15, -0.1) is 5.10 Å². The minimum atomic E-state index is -0.0912. The van der Waals surface area contributed by atoms with E-state index in [4.69, 9.17) is 23.2 Å². The second-order valence-corrected chi connectivity index (χ2v) is 9.69. The van der Waals surface area contributed by atoms with Gasteiger partial charge in [-0.1, -0.05) is 53.0 Å². The minimum Gasteiger partial charge on any atom is -0.337 e. The maximum absolute atomic E-state index is 12.8. The van der Waals surface area contributed by atoms with E-state index in [1.54, 1.807) is 6.07 Å². The third-order valence-electron chi connectivity index (χ3n) is 6.75. The molecule has 6 nitrogen and oxygen atoms in total. The number of carbonyl (C=O) groups excluding carboxylic acids is 1. The Morgan fingerprint density at radius 1 is 1.18 bits per heavy atom. The molecule has 0 unspecified atom stereocenters. The first-order valence-corrected chi connectivity index (χ1v) is 12.3. The average Bonchev–Trinajstić information content (AvgIpc) is 3.27. The SMILES string of the molecule is C[C@H](c1ccc(Cl)cc1Cl)n1nnc2ccc(C3=CCN(C(=O)[C@H]4CCCCN4)CC3)cc21. The van der Waals surface area contributed by atoms with Gasteiger partial charge in [0.1, 0.15) is 5.52 Å². The molecule has 1 amide bonds. The second kappa shape index (κ2) is 9.45. The number of benzene rings is 2. The monoisotopic (exact) mass is 483 g/mol. The zero-order chi connectivity index (χ0) is 22.9. The number of amides is 1. The van der Waals surface area contributed by atoms with Crippen molar-refractivity contribution in [2.75, 3.05) is 19.6 Å². The van der Waals surface area contributed by atoms with Crippen molar-refractivity contribution >= 4 is 45.7 Å². The highest BCUT2D eigenvalue weighted by atomic mass is 35.5. The summed E-state index contributed by atoms with van der Waals surface area (Å²) < 4.78 is 1.90. The summed E-state index contributed by atoms with van der Waals surface area (Å²) in [5.41, 5.74) is 5.13. The molecule has 3 aromatic rings. The summed E-state index contributed by atoms with van der Waals surface area (Å²) in [7, 11) is 0. The van der Waals surface area contributed by atoms with Crippen LogP contribution in [-0.4, -0.2) is 51.5 Å². The number of hydrogen-bond acceptors (Lipinski definition) is 4. The highest BCUT2D eigenvalue weighted by Crippen LogP contribution is 2.31. The molecule has 2 atom stereocenters. The van der Waals surface area contributed by atoms with Gasteiger partial charge in [0.05, 0.1) is 17.6 Å². The number of piperidine rings is 1. The molecule has 1 fully saturated rings. The van der Waals surface area contributed by atoms with Gasteiger partial charge in [-0.3, -0.25) is 4.79 Å². The Hall–Kier alpha value is -2.41. The lowest BCUT2D eigenvalue weighted by atomic mass is 9.97. The van der Waals surface area contributed by atoms with E-state index in [0.717, 1.165) is 60.9 Å². The van der Waals surface area contributed by atoms with Gasteiger partial charge in [-0.2, -0.15) is 0 Å². The van der Waals surface area contributed by atoms with Gasteiger partial charge in [-0.05, 0) is 73.7 Å². The number of carbonyl (C=O) groups is 1. The molecule has 2 aromatic carbocycles. The van der Waals surface area contributed by atoms with Crippen LogP contribution in [0.4, 0.5) is 0 Å². The van der Waals surface area contributed by atoms with E-state index in [0.29, 0.717) is 16.6 Å². The molecule has 8 heteroatoms. The lowest BCUT2D eigenvalue weighted by molar-refractivity contribution is -0.133. The van der Waals surface area contributed by atoms with Crippen molar-refractivity contribution in [3.63, 3.8) is 0 Å². The summed E-state index contributed by atoms with van der Waals surface area (Å²) in [6, 6.07) is 11.7. The van der Waals surface area contributed by atoms with Gasteiger partial charge < -0.3 is 10.2 Å². The van der Waals surface area contributed by atoms with Crippen molar-refractivity contribution in [3.05, 3.63) is 63.6 Å². The third kappa shape index (κ3) is 4.52. The summed E-state index contributed by atoms with van der Waals surface area (Å²) in [6.07, 6.45) is 6.24. The van der Waals surface area contributed by atoms with Crippen LogP contribution < -0.4 is 5.32 Å². The standard InChI is InChI=1S/C25H27Cl2N5O/c1-16(20-7-6-19(26)15-21(20)27)32-24-14-18(5-8-22(24)29-30-32)17-9-12-31(13-10-17)25(33)23-4-2-3-11-28-23/h5-9,14-16,23,28H,2-4,10-13H2,1H3/t16-,23-/m1/s1. The smallest absolute Gasteiger partial charge is 0.239 e. The van der Waals surface area contributed by atoms with Crippen LogP contribution in [0.1, 0.15) is 49.8 Å². The number of rotatable bonds is 4. The van der Waals surface area contributed by atoms with E-state index in [2.05, 4.69) is 40.8 Å². The zero-order valence-electron chi connectivity index (χ0n) is 18.6. The predicted molar refractivity (Wildman–Crippen MR) is 133 cm³/mol. The molecular weight excluding hydrogens is 457 g/mol. The van der Waals surface area contributed by atoms with Crippen molar-refractivity contribution in [3.8, 4) is 0 Å². The quantitative estimate of drug-likeness (QED) is 0.560. The fourth-order valence-electron chi connectivity index (χ4n) is 4.81. The van der Waals surface area contributed by atoms with Crippen LogP contribution in [0, 0.1) is 0 Å². The molecule has 0 bridgehead atoms. The fraction of sp³-hybridized carbons (Fsp3) is 0.400. The zero-order valence-corrected chi connectivity index (χ0v) is 20.1. The Kier molecular flexibility index (Phi) is 6.41.